The Morgan fingerprint density at radius 1 is 1.36 bits per heavy atom. The van der Waals surface area contributed by atoms with Crippen molar-refractivity contribution in [3.8, 4) is 11.8 Å². The van der Waals surface area contributed by atoms with Crippen molar-refractivity contribution in [2.24, 2.45) is 0 Å². The number of hydrogen-bond acceptors (Lipinski definition) is 3. The van der Waals surface area contributed by atoms with Crippen molar-refractivity contribution in [2.45, 2.75) is 0 Å². The Hall–Kier alpha value is -1.86. The molecule has 5 heteroatoms. The van der Waals surface area contributed by atoms with Gasteiger partial charge in [-0.2, -0.15) is 10.4 Å². The van der Waals surface area contributed by atoms with Crippen molar-refractivity contribution >= 4 is 11.6 Å². The molecule has 4 nitrogen and oxygen atoms in total. The van der Waals surface area contributed by atoms with Gasteiger partial charge in [0.25, 0.3) is 0 Å². The molecule has 0 aliphatic rings. The average molecular weight is 205 g/mol. The second-order valence-electron chi connectivity index (χ2n) is 2.58. The fourth-order valence-corrected chi connectivity index (χ4v) is 1.31. The number of hydrogen-bond donors (Lipinski definition) is 0. The minimum Gasteiger partial charge on any atom is -0.265 e. The first-order valence-corrected chi connectivity index (χ1v) is 4.25. The molecule has 0 radical (unpaired) electrons. The van der Waals surface area contributed by atoms with Crippen LogP contribution in [0, 0.1) is 11.3 Å². The lowest BCUT2D eigenvalue weighted by Crippen LogP contribution is -1.95. The van der Waals surface area contributed by atoms with Crippen molar-refractivity contribution < 1.29 is 0 Å². The Labute approximate surface area is 85.4 Å². The Balaban J connectivity index is 2.54. The summed E-state index contributed by atoms with van der Waals surface area (Å²) < 4.78 is 1.49. The van der Waals surface area contributed by atoms with Crippen LogP contribution in [0.5, 0.6) is 0 Å². The number of aromatic nitrogens is 3. The summed E-state index contributed by atoms with van der Waals surface area (Å²) in [5, 5.41) is 13.0. The van der Waals surface area contributed by atoms with E-state index in [0.29, 0.717) is 10.7 Å². The molecule has 0 saturated heterocycles. The zero-order valence-electron chi connectivity index (χ0n) is 7.05. The highest BCUT2D eigenvalue weighted by molar-refractivity contribution is 6.30. The second-order valence-corrected chi connectivity index (χ2v) is 2.94. The van der Waals surface area contributed by atoms with Crippen LogP contribution in [0.1, 0.15) is 5.56 Å². The van der Waals surface area contributed by atoms with Gasteiger partial charge in [0.05, 0.1) is 11.9 Å². The Bertz CT molecular complexity index is 483. The predicted octanol–water partition coefficient (Wildman–Crippen LogP) is 1.79. The summed E-state index contributed by atoms with van der Waals surface area (Å²) in [5.74, 6) is 0. The normalized spacial score (nSPS) is 9.71. The van der Waals surface area contributed by atoms with Gasteiger partial charge in [-0.25, -0.2) is 4.68 Å². The summed E-state index contributed by atoms with van der Waals surface area (Å²) in [5.41, 5.74) is 1.15. The van der Waals surface area contributed by atoms with E-state index in [1.165, 1.54) is 10.9 Å². The van der Waals surface area contributed by atoms with Crippen LogP contribution in [0.3, 0.4) is 0 Å². The van der Waals surface area contributed by atoms with Crippen molar-refractivity contribution in [2.75, 3.05) is 0 Å². The van der Waals surface area contributed by atoms with E-state index in [2.05, 4.69) is 10.1 Å². The molecule has 2 heterocycles. The lowest BCUT2D eigenvalue weighted by atomic mass is 10.4. The molecule has 0 N–H and O–H groups in total. The van der Waals surface area contributed by atoms with Crippen LogP contribution in [0.4, 0.5) is 0 Å². The molecule has 0 fully saturated rings. The molecule has 0 atom stereocenters. The van der Waals surface area contributed by atoms with Gasteiger partial charge in [0.1, 0.15) is 11.6 Å². The van der Waals surface area contributed by atoms with Crippen molar-refractivity contribution in [1.29, 1.82) is 5.26 Å². The lowest BCUT2D eigenvalue weighted by molar-refractivity contribution is 0.878. The standard InChI is InChI=1S/C9H5ClN4/c10-9-7(5-11)6-13-14(9)8-1-3-12-4-2-8/h1-4,6H. The van der Waals surface area contributed by atoms with Gasteiger partial charge in [-0.3, -0.25) is 4.98 Å². The molecule has 0 unspecified atom stereocenters. The van der Waals surface area contributed by atoms with Crippen molar-refractivity contribution in [1.82, 2.24) is 14.8 Å². The molecule has 0 spiro atoms. The van der Waals surface area contributed by atoms with Crippen LogP contribution in [0.2, 0.25) is 5.15 Å². The van der Waals surface area contributed by atoms with Gasteiger partial charge in [0.15, 0.2) is 5.15 Å². The van der Waals surface area contributed by atoms with E-state index in [0.717, 1.165) is 5.69 Å². The van der Waals surface area contributed by atoms with E-state index < -0.39 is 0 Å². The molecule has 68 valence electrons. The van der Waals surface area contributed by atoms with Gasteiger partial charge >= 0.3 is 0 Å². The molecule has 0 saturated carbocycles. The first-order chi connectivity index (χ1) is 6.83. The van der Waals surface area contributed by atoms with Gasteiger partial charge in [-0.1, -0.05) is 11.6 Å². The highest BCUT2D eigenvalue weighted by Gasteiger charge is 2.08. The third-order valence-electron chi connectivity index (χ3n) is 1.74. The predicted molar refractivity (Wildman–Crippen MR) is 51.1 cm³/mol. The highest BCUT2D eigenvalue weighted by atomic mass is 35.5. The molecular formula is C9H5ClN4. The van der Waals surface area contributed by atoms with E-state index >= 15 is 0 Å². The molecule has 0 aliphatic carbocycles. The van der Waals surface area contributed by atoms with Crippen LogP contribution in [-0.2, 0) is 0 Å². The largest absolute Gasteiger partial charge is 0.265 e. The third-order valence-corrected chi connectivity index (χ3v) is 2.10. The SMILES string of the molecule is N#Cc1cnn(-c2ccncc2)c1Cl. The van der Waals surface area contributed by atoms with E-state index in [-0.39, 0.29) is 0 Å². The number of nitriles is 1. The lowest BCUT2D eigenvalue weighted by Gasteiger charge is -2.00. The summed E-state index contributed by atoms with van der Waals surface area (Å²) in [7, 11) is 0. The Morgan fingerprint density at radius 3 is 2.64 bits per heavy atom. The maximum Gasteiger partial charge on any atom is 0.150 e. The summed E-state index contributed by atoms with van der Waals surface area (Å²) in [6.07, 6.45) is 4.71. The van der Waals surface area contributed by atoms with Crippen LogP contribution in [0.15, 0.2) is 30.7 Å². The summed E-state index contributed by atoms with van der Waals surface area (Å²) in [6.45, 7) is 0. The Kier molecular flexibility index (Phi) is 2.17. The molecular weight excluding hydrogens is 200 g/mol. The summed E-state index contributed by atoms with van der Waals surface area (Å²) >= 11 is 5.92. The second kappa shape index (κ2) is 3.48. The fraction of sp³-hybridized carbons (Fsp3) is 0. The number of nitrogens with zero attached hydrogens (tertiary/aromatic N) is 4. The fourth-order valence-electron chi connectivity index (χ4n) is 1.07. The molecule has 2 aromatic heterocycles. The van der Waals surface area contributed by atoms with Gasteiger partial charge in [0.2, 0.25) is 0 Å². The minimum atomic E-state index is 0.318. The maximum absolute atomic E-state index is 8.68. The minimum absolute atomic E-state index is 0.318. The van der Waals surface area contributed by atoms with Crippen molar-refractivity contribution in [3.63, 3.8) is 0 Å². The number of halogens is 1. The first kappa shape index (κ1) is 8.73. The molecule has 0 bridgehead atoms. The van der Waals surface area contributed by atoms with Gasteiger partial charge in [-0.15, -0.1) is 0 Å². The number of pyridine rings is 1. The third kappa shape index (κ3) is 1.34. The highest BCUT2D eigenvalue weighted by Crippen LogP contribution is 2.18. The molecule has 14 heavy (non-hydrogen) atoms. The quantitative estimate of drug-likeness (QED) is 0.712. The first-order valence-electron chi connectivity index (χ1n) is 3.87. The molecule has 0 aromatic carbocycles. The monoisotopic (exact) mass is 204 g/mol. The van der Waals surface area contributed by atoms with Crippen LogP contribution in [0.25, 0.3) is 5.69 Å². The van der Waals surface area contributed by atoms with Crippen LogP contribution >= 0.6 is 11.6 Å². The van der Waals surface area contributed by atoms with Gasteiger partial charge < -0.3 is 0 Å². The van der Waals surface area contributed by atoms with E-state index in [9.17, 15) is 0 Å². The van der Waals surface area contributed by atoms with E-state index in [4.69, 9.17) is 16.9 Å². The smallest absolute Gasteiger partial charge is 0.150 e. The Morgan fingerprint density at radius 2 is 2.07 bits per heavy atom. The molecule has 0 aliphatic heterocycles. The number of rotatable bonds is 1. The molecule has 2 aromatic rings. The van der Waals surface area contributed by atoms with Crippen LogP contribution in [-0.4, -0.2) is 14.8 Å². The van der Waals surface area contributed by atoms with Crippen LogP contribution < -0.4 is 0 Å². The molecule has 2 rings (SSSR count). The van der Waals surface area contributed by atoms with Gasteiger partial charge in [-0.05, 0) is 12.1 Å². The van der Waals surface area contributed by atoms with Crippen molar-refractivity contribution in [3.05, 3.63) is 41.4 Å². The topological polar surface area (TPSA) is 54.5 Å². The summed E-state index contributed by atoms with van der Waals surface area (Å²) in [6, 6.07) is 5.48. The van der Waals surface area contributed by atoms with Gasteiger partial charge in [0, 0.05) is 12.4 Å². The zero-order chi connectivity index (χ0) is 9.97. The zero-order valence-corrected chi connectivity index (χ0v) is 7.81. The molecule has 0 amide bonds. The summed E-state index contributed by atoms with van der Waals surface area (Å²) in [4.78, 5) is 3.88. The maximum atomic E-state index is 8.68. The van der Waals surface area contributed by atoms with E-state index in [1.807, 2.05) is 6.07 Å². The average Bonchev–Trinajstić information content (AvgIpc) is 2.61. The van der Waals surface area contributed by atoms with E-state index in [1.54, 1.807) is 24.5 Å².